The number of hydrogen-bond acceptors (Lipinski definition) is 6. The average Bonchev–Trinajstić information content (AvgIpc) is 3.03. The van der Waals surface area contributed by atoms with Crippen LogP contribution >= 0.6 is 0 Å². The predicted molar refractivity (Wildman–Crippen MR) is 175 cm³/mol. The van der Waals surface area contributed by atoms with Crippen molar-refractivity contribution in [1.29, 1.82) is 0 Å². The molecule has 0 aliphatic heterocycles. The Hall–Kier alpha value is -4.83. The van der Waals surface area contributed by atoms with Gasteiger partial charge in [0.1, 0.15) is 29.8 Å². The van der Waals surface area contributed by atoms with Gasteiger partial charge in [0.2, 0.25) is 11.8 Å². The number of benzene rings is 4. The molecule has 0 saturated carbocycles. The lowest BCUT2D eigenvalue weighted by Crippen LogP contribution is -2.54. The zero-order valence-electron chi connectivity index (χ0n) is 26.1. The Bertz CT molecular complexity index is 1670. The van der Waals surface area contributed by atoms with Gasteiger partial charge in [-0.15, -0.1) is 0 Å². The fourth-order valence-electron chi connectivity index (χ4n) is 4.54. The summed E-state index contributed by atoms with van der Waals surface area (Å²) in [6.07, 6.45) is 0. The maximum absolute atomic E-state index is 14.1. The molecule has 0 heterocycles. The molecule has 0 fully saturated rings. The number of rotatable bonds is 12. The van der Waals surface area contributed by atoms with Gasteiger partial charge in [-0.1, -0.05) is 48.5 Å². The Morgan fingerprint density at radius 3 is 1.87 bits per heavy atom. The van der Waals surface area contributed by atoms with Gasteiger partial charge in [0, 0.05) is 12.1 Å². The van der Waals surface area contributed by atoms with Crippen LogP contribution in [0.3, 0.4) is 0 Å². The summed E-state index contributed by atoms with van der Waals surface area (Å²) in [6.45, 7) is 6.73. The van der Waals surface area contributed by atoms with Crippen LogP contribution in [0.1, 0.15) is 33.3 Å². The van der Waals surface area contributed by atoms with Gasteiger partial charge < -0.3 is 19.7 Å². The molecule has 0 bridgehead atoms. The van der Waals surface area contributed by atoms with E-state index in [1.807, 2.05) is 51.1 Å². The van der Waals surface area contributed by atoms with Gasteiger partial charge in [-0.25, -0.2) is 8.42 Å². The topological polar surface area (TPSA) is 105 Å². The molecular formula is C35H39N3O6S. The van der Waals surface area contributed by atoms with E-state index in [2.05, 4.69) is 5.32 Å². The Kier molecular flexibility index (Phi) is 10.5. The van der Waals surface area contributed by atoms with Crippen molar-refractivity contribution in [1.82, 2.24) is 10.2 Å². The van der Waals surface area contributed by atoms with Gasteiger partial charge in [-0.3, -0.25) is 13.9 Å². The fraction of sp³-hybridized carbons (Fsp3) is 0.257. The third-order valence-corrected chi connectivity index (χ3v) is 8.68. The van der Waals surface area contributed by atoms with Gasteiger partial charge in [0.25, 0.3) is 10.0 Å². The second-order valence-corrected chi connectivity index (χ2v) is 13.4. The van der Waals surface area contributed by atoms with E-state index in [0.717, 1.165) is 9.87 Å². The molecule has 1 N–H and O–H groups in total. The zero-order chi connectivity index (χ0) is 32.6. The highest BCUT2D eigenvalue weighted by Gasteiger charge is 2.33. The molecule has 45 heavy (non-hydrogen) atoms. The van der Waals surface area contributed by atoms with E-state index in [0.29, 0.717) is 17.2 Å². The molecule has 0 radical (unpaired) electrons. The van der Waals surface area contributed by atoms with Crippen molar-refractivity contribution in [2.75, 3.05) is 18.0 Å². The predicted octanol–water partition coefficient (Wildman–Crippen LogP) is 6.01. The van der Waals surface area contributed by atoms with E-state index in [1.54, 1.807) is 80.8 Å². The number of amides is 2. The maximum atomic E-state index is 14.1. The Labute approximate surface area is 265 Å². The fourth-order valence-corrected chi connectivity index (χ4v) is 5.97. The quantitative estimate of drug-likeness (QED) is 0.206. The summed E-state index contributed by atoms with van der Waals surface area (Å²) in [4.78, 5) is 28.9. The molecule has 0 aromatic heterocycles. The van der Waals surface area contributed by atoms with Crippen LogP contribution in [0.2, 0.25) is 0 Å². The third kappa shape index (κ3) is 8.86. The van der Waals surface area contributed by atoms with Gasteiger partial charge >= 0.3 is 0 Å². The number of ether oxygens (including phenoxy) is 2. The number of anilines is 1. The molecule has 0 unspecified atom stereocenters. The van der Waals surface area contributed by atoms with Crippen molar-refractivity contribution in [2.24, 2.45) is 0 Å². The molecule has 4 rings (SSSR count). The van der Waals surface area contributed by atoms with Crippen LogP contribution in [0, 0.1) is 0 Å². The molecule has 0 saturated heterocycles. The van der Waals surface area contributed by atoms with E-state index in [9.17, 15) is 18.0 Å². The van der Waals surface area contributed by atoms with E-state index in [4.69, 9.17) is 9.47 Å². The minimum atomic E-state index is -4.18. The normalized spacial score (nSPS) is 12.1. The molecular weight excluding hydrogens is 590 g/mol. The lowest BCUT2D eigenvalue weighted by molar-refractivity contribution is -0.140. The van der Waals surface area contributed by atoms with Gasteiger partial charge in [0.05, 0.1) is 17.7 Å². The first kappa shape index (κ1) is 33.1. The summed E-state index contributed by atoms with van der Waals surface area (Å²) in [5.41, 5.74) is 0.482. The maximum Gasteiger partial charge on any atom is 0.264 e. The molecule has 2 amide bonds. The van der Waals surface area contributed by atoms with Crippen LogP contribution < -0.4 is 19.1 Å². The Morgan fingerprint density at radius 2 is 1.31 bits per heavy atom. The minimum absolute atomic E-state index is 0.0302. The highest BCUT2D eigenvalue weighted by Crippen LogP contribution is 2.28. The second-order valence-electron chi connectivity index (χ2n) is 11.5. The highest BCUT2D eigenvalue weighted by atomic mass is 32.2. The highest BCUT2D eigenvalue weighted by molar-refractivity contribution is 7.92. The summed E-state index contributed by atoms with van der Waals surface area (Å²) < 4.78 is 40.2. The molecule has 4 aromatic rings. The summed E-state index contributed by atoms with van der Waals surface area (Å²) in [6, 6.07) is 29.9. The number of nitrogens with one attached hydrogen (secondary N) is 1. The summed E-state index contributed by atoms with van der Waals surface area (Å²) in [5, 5.41) is 2.93. The van der Waals surface area contributed by atoms with Gasteiger partial charge in [-0.2, -0.15) is 0 Å². The molecule has 10 heteroatoms. The molecule has 236 valence electrons. The first-order valence-electron chi connectivity index (χ1n) is 14.5. The van der Waals surface area contributed by atoms with Crippen LogP contribution in [0.4, 0.5) is 5.69 Å². The van der Waals surface area contributed by atoms with Crippen molar-refractivity contribution in [3.63, 3.8) is 0 Å². The summed E-state index contributed by atoms with van der Waals surface area (Å²) in [5.74, 6) is 0.874. The number of carbonyl (C=O) groups is 2. The number of carbonyl (C=O) groups excluding carboxylic acids is 2. The third-order valence-electron chi connectivity index (χ3n) is 6.89. The second kappa shape index (κ2) is 14.3. The van der Waals surface area contributed by atoms with Crippen LogP contribution in [-0.4, -0.2) is 50.4 Å². The molecule has 4 aromatic carbocycles. The standard InChI is InChI=1S/C35H39N3O6S/c1-26(34(40)36-35(2,3)4)37(24-27-16-20-29(43-5)21-17-27)33(39)25-38(45(41,42)32-14-10-7-11-15-32)28-18-22-31(23-19-28)44-30-12-8-6-9-13-30/h6-23,26H,24-25H2,1-5H3,(H,36,40)/t26-/m1/s1. The van der Waals surface area contributed by atoms with E-state index < -0.39 is 34.1 Å². The number of sulfonamides is 1. The lowest BCUT2D eigenvalue weighted by atomic mass is 10.1. The van der Waals surface area contributed by atoms with Gasteiger partial charge in [-0.05, 0) is 93.9 Å². The molecule has 1 atom stereocenters. The zero-order valence-corrected chi connectivity index (χ0v) is 27.0. The van der Waals surface area contributed by atoms with Gasteiger partial charge in [0.15, 0.2) is 0 Å². The Balaban J connectivity index is 1.69. The largest absolute Gasteiger partial charge is 0.497 e. The van der Waals surface area contributed by atoms with Crippen LogP contribution in [0.5, 0.6) is 17.2 Å². The van der Waals surface area contributed by atoms with Crippen molar-refractivity contribution in [3.8, 4) is 17.2 Å². The summed E-state index contributed by atoms with van der Waals surface area (Å²) >= 11 is 0. The number of nitrogens with zero attached hydrogens (tertiary/aromatic N) is 2. The molecule has 0 aliphatic carbocycles. The number of para-hydroxylation sites is 1. The summed E-state index contributed by atoms with van der Waals surface area (Å²) in [7, 11) is -2.62. The van der Waals surface area contributed by atoms with E-state index in [-0.39, 0.29) is 23.0 Å². The Morgan fingerprint density at radius 1 is 0.778 bits per heavy atom. The molecule has 9 nitrogen and oxygen atoms in total. The lowest BCUT2D eigenvalue weighted by Gasteiger charge is -2.33. The van der Waals surface area contributed by atoms with Crippen molar-refractivity contribution >= 4 is 27.5 Å². The van der Waals surface area contributed by atoms with Crippen LogP contribution in [-0.2, 0) is 26.2 Å². The molecule has 0 spiro atoms. The van der Waals surface area contributed by atoms with Crippen molar-refractivity contribution in [3.05, 3.63) is 115 Å². The average molecular weight is 630 g/mol. The minimum Gasteiger partial charge on any atom is -0.497 e. The smallest absolute Gasteiger partial charge is 0.264 e. The van der Waals surface area contributed by atoms with E-state index in [1.165, 1.54) is 17.0 Å². The van der Waals surface area contributed by atoms with Crippen LogP contribution in [0.25, 0.3) is 0 Å². The van der Waals surface area contributed by atoms with Crippen molar-refractivity contribution in [2.45, 2.75) is 50.7 Å². The molecule has 0 aliphatic rings. The monoisotopic (exact) mass is 629 g/mol. The SMILES string of the molecule is COc1ccc(CN(C(=O)CN(c2ccc(Oc3ccccc3)cc2)S(=O)(=O)c2ccccc2)[C@H](C)C(=O)NC(C)(C)C)cc1. The number of hydrogen-bond donors (Lipinski definition) is 1. The first-order valence-corrected chi connectivity index (χ1v) is 16.0. The first-order chi connectivity index (χ1) is 21.4. The van der Waals surface area contributed by atoms with E-state index >= 15 is 0 Å². The number of methoxy groups -OCH3 is 1. The van der Waals surface area contributed by atoms with Crippen molar-refractivity contribution < 1.29 is 27.5 Å². The van der Waals surface area contributed by atoms with Crippen LogP contribution in [0.15, 0.2) is 114 Å².